The van der Waals surface area contributed by atoms with E-state index in [2.05, 4.69) is 11.4 Å². The highest BCUT2D eigenvalue weighted by atomic mass is 32.2. The Kier molecular flexibility index (Phi) is 5.57. The van der Waals surface area contributed by atoms with Gasteiger partial charge in [0, 0.05) is 30.5 Å². The molecule has 0 saturated carbocycles. The molecule has 1 aromatic carbocycles. The van der Waals surface area contributed by atoms with E-state index in [-0.39, 0.29) is 16.5 Å². The lowest BCUT2D eigenvalue weighted by Gasteiger charge is -2.19. The number of nitro benzene ring substituents is 1. The zero-order valence-electron chi connectivity index (χ0n) is 13.1. The first-order chi connectivity index (χ1) is 10.9. The van der Waals surface area contributed by atoms with Gasteiger partial charge in [-0.05, 0) is 42.5 Å². The highest BCUT2D eigenvalue weighted by molar-refractivity contribution is 8.11. The Bertz CT molecular complexity index is 711. The Balaban J connectivity index is 2.33. The van der Waals surface area contributed by atoms with Gasteiger partial charge in [0.1, 0.15) is 0 Å². The molecule has 0 heterocycles. The molecule has 1 amide bonds. The summed E-state index contributed by atoms with van der Waals surface area (Å²) >= 11 is 1.44. The minimum absolute atomic E-state index is 0.103. The van der Waals surface area contributed by atoms with Gasteiger partial charge in [0.25, 0.3) is 5.69 Å². The third-order valence-electron chi connectivity index (χ3n) is 3.50. The third-order valence-corrected chi connectivity index (χ3v) is 4.77. The Hall–Kier alpha value is -2.12. The van der Waals surface area contributed by atoms with Crippen LogP contribution in [0.25, 0.3) is 4.91 Å². The van der Waals surface area contributed by atoms with Gasteiger partial charge in [0.2, 0.25) is 5.91 Å². The molecule has 1 aromatic rings. The normalized spacial score (nSPS) is 14.5. The van der Waals surface area contributed by atoms with Gasteiger partial charge in [-0.15, -0.1) is 0 Å². The zero-order valence-corrected chi connectivity index (χ0v) is 13.9. The van der Waals surface area contributed by atoms with Crippen molar-refractivity contribution in [2.75, 3.05) is 6.54 Å². The standard InChI is InChI=1S/C16H19N3O3S/c1-10(9-17)16(18-11(2)20)23-15-5-3-4-12-8-13(19(21)22)6-7-14(12)15/h5-8H,3-4,9,17H2,1-2H3,(H,18,20)/b16-10+. The highest BCUT2D eigenvalue weighted by Crippen LogP contribution is 2.39. The highest BCUT2D eigenvalue weighted by Gasteiger charge is 2.19. The van der Waals surface area contributed by atoms with Crippen molar-refractivity contribution in [3.05, 3.63) is 56.1 Å². The van der Waals surface area contributed by atoms with Crippen LogP contribution >= 0.6 is 11.8 Å². The maximum atomic E-state index is 11.4. The molecule has 1 aliphatic rings. The van der Waals surface area contributed by atoms with E-state index >= 15 is 0 Å². The van der Waals surface area contributed by atoms with Crippen LogP contribution in [0.2, 0.25) is 0 Å². The largest absolute Gasteiger partial charge is 0.327 e. The Morgan fingerprint density at radius 3 is 2.78 bits per heavy atom. The van der Waals surface area contributed by atoms with E-state index in [0.717, 1.165) is 39.5 Å². The van der Waals surface area contributed by atoms with Crippen LogP contribution in [-0.4, -0.2) is 17.4 Å². The molecule has 6 nitrogen and oxygen atoms in total. The van der Waals surface area contributed by atoms with Gasteiger partial charge < -0.3 is 11.1 Å². The molecule has 122 valence electrons. The molecule has 1 aliphatic carbocycles. The lowest BCUT2D eigenvalue weighted by molar-refractivity contribution is -0.384. The molecular formula is C16H19N3O3S. The van der Waals surface area contributed by atoms with Crippen LogP contribution in [0, 0.1) is 10.1 Å². The molecule has 7 heteroatoms. The number of thioether (sulfide) groups is 1. The van der Waals surface area contributed by atoms with Crippen LogP contribution in [0.15, 0.2) is 34.9 Å². The van der Waals surface area contributed by atoms with E-state index in [4.69, 9.17) is 5.73 Å². The van der Waals surface area contributed by atoms with E-state index in [1.807, 2.05) is 6.92 Å². The van der Waals surface area contributed by atoms with Crippen LogP contribution in [0.4, 0.5) is 5.69 Å². The molecule has 0 aliphatic heterocycles. The first kappa shape index (κ1) is 17.2. The molecule has 0 spiro atoms. The number of hydrogen-bond acceptors (Lipinski definition) is 5. The Morgan fingerprint density at radius 2 is 2.17 bits per heavy atom. The average molecular weight is 333 g/mol. The summed E-state index contributed by atoms with van der Waals surface area (Å²) in [6.45, 7) is 3.68. The molecule has 0 saturated heterocycles. The van der Waals surface area contributed by atoms with Crippen molar-refractivity contribution in [2.24, 2.45) is 5.73 Å². The number of nitrogens with one attached hydrogen (secondary N) is 1. The second kappa shape index (κ2) is 7.43. The summed E-state index contributed by atoms with van der Waals surface area (Å²) < 4.78 is 0. The summed E-state index contributed by atoms with van der Waals surface area (Å²) in [4.78, 5) is 22.9. The summed E-state index contributed by atoms with van der Waals surface area (Å²) in [5.74, 6) is -0.152. The number of fused-ring (bicyclic) bond motifs is 1. The molecule has 23 heavy (non-hydrogen) atoms. The van der Waals surface area contributed by atoms with Crippen LogP contribution in [0.1, 0.15) is 31.4 Å². The number of aryl methyl sites for hydroxylation is 1. The predicted molar refractivity (Wildman–Crippen MR) is 92.6 cm³/mol. The van der Waals surface area contributed by atoms with Gasteiger partial charge in [-0.25, -0.2) is 0 Å². The topological polar surface area (TPSA) is 98.3 Å². The lowest BCUT2D eigenvalue weighted by atomic mass is 9.97. The van der Waals surface area contributed by atoms with Crippen LogP contribution in [-0.2, 0) is 11.2 Å². The van der Waals surface area contributed by atoms with Crippen molar-refractivity contribution in [1.82, 2.24) is 5.32 Å². The maximum Gasteiger partial charge on any atom is 0.269 e. The number of carbonyl (C=O) groups excluding carboxylic acids is 1. The summed E-state index contributed by atoms with van der Waals surface area (Å²) in [6, 6.07) is 4.91. The fourth-order valence-corrected chi connectivity index (χ4v) is 3.47. The predicted octanol–water partition coefficient (Wildman–Crippen LogP) is 2.94. The number of nitrogens with two attached hydrogens (primary N) is 1. The Labute approximate surface area is 139 Å². The molecular weight excluding hydrogens is 314 g/mol. The van der Waals surface area contributed by atoms with Gasteiger partial charge >= 0.3 is 0 Å². The first-order valence-corrected chi connectivity index (χ1v) is 8.07. The van der Waals surface area contributed by atoms with E-state index in [9.17, 15) is 14.9 Å². The molecule has 2 rings (SSSR count). The van der Waals surface area contributed by atoms with Gasteiger partial charge in [0.15, 0.2) is 0 Å². The number of non-ortho nitro benzene ring substituents is 1. The number of benzene rings is 1. The van der Waals surface area contributed by atoms with Crippen LogP contribution in [0.3, 0.4) is 0 Å². The van der Waals surface area contributed by atoms with E-state index in [1.165, 1.54) is 24.8 Å². The number of hydrogen-bond donors (Lipinski definition) is 2. The van der Waals surface area contributed by atoms with E-state index in [0.29, 0.717) is 6.54 Å². The second-order valence-corrected chi connectivity index (χ2v) is 6.35. The zero-order chi connectivity index (χ0) is 17.0. The monoisotopic (exact) mass is 333 g/mol. The lowest BCUT2D eigenvalue weighted by Crippen LogP contribution is -2.20. The average Bonchev–Trinajstić information content (AvgIpc) is 2.52. The van der Waals surface area contributed by atoms with Crippen LogP contribution in [0.5, 0.6) is 0 Å². The fourth-order valence-electron chi connectivity index (χ4n) is 2.29. The van der Waals surface area contributed by atoms with Gasteiger partial charge in [-0.2, -0.15) is 0 Å². The Morgan fingerprint density at radius 1 is 1.43 bits per heavy atom. The number of nitrogens with zero attached hydrogens (tertiary/aromatic N) is 1. The smallest absolute Gasteiger partial charge is 0.269 e. The fraction of sp³-hybridized carbons (Fsp3) is 0.312. The van der Waals surface area contributed by atoms with Crippen molar-refractivity contribution in [3.8, 4) is 0 Å². The van der Waals surface area contributed by atoms with Gasteiger partial charge in [-0.3, -0.25) is 14.9 Å². The van der Waals surface area contributed by atoms with Crippen molar-refractivity contribution in [3.63, 3.8) is 0 Å². The molecule has 3 N–H and O–H groups in total. The first-order valence-electron chi connectivity index (χ1n) is 7.25. The minimum Gasteiger partial charge on any atom is -0.327 e. The summed E-state index contributed by atoms with van der Waals surface area (Å²) in [5, 5.41) is 14.4. The number of amides is 1. The minimum atomic E-state index is -0.382. The quantitative estimate of drug-likeness (QED) is 0.637. The summed E-state index contributed by atoms with van der Waals surface area (Å²) in [5.41, 5.74) is 8.60. The molecule has 0 unspecified atom stereocenters. The molecule has 0 bridgehead atoms. The summed E-state index contributed by atoms with van der Waals surface area (Å²) in [7, 11) is 0. The van der Waals surface area contributed by atoms with Crippen molar-refractivity contribution in [1.29, 1.82) is 0 Å². The van der Waals surface area contributed by atoms with Crippen molar-refractivity contribution >= 4 is 28.3 Å². The molecule has 0 atom stereocenters. The van der Waals surface area contributed by atoms with Gasteiger partial charge in [0.05, 0.1) is 9.95 Å². The number of allylic oxidation sites excluding steroid dienone is 1. The second-order valence-electron chi connectivity index (χ2n) is 5.30. The number of carbonyl (C=O) groups is 1. The van der Waals surface area contributed by atoms with E-state index < -0.39 is 0 Å². The van der Waals surface area contributed by atoms with E-state index in [1.54, 1.807) is 12.1 Å². The maximum absolute atomic E-state index is 11.4. The SMILES string of the molecule is CC(=O)N/C(SC1=CCCc2cc([N+](=O)[O-])ccc21)=C(/C)CN. The molecule has 0 radical (unpaired) electrons. The van der Waals surface area contributed by atoms with Crippen molar-refractivity contribution in [2.45, 2.75) is 26.7 Å². The van der Waals surface area contributed by atoms with Gasteiger partial charge in [-0.1, -0.05) is 17.8 Å². The number of nitro groups is 1. The van der Waals surface area contributed by atoms with Crippen molar-refractivity contribution < 1.29 is 9.72 Å². The summed E-state index contributed by atoms with van der Waals surface area (Å²) in [6.07, 6.45) is 3.67. The molecule has 0 aromatic heterocycles. The number of rotatable bonds is 5. The third kappa shape index (κ3) is 4.20. The molecule has 0 fully saturated rings. The van der Waals surface area contributed by atoms with Crippen LogP contribution < -0.4 is 11.1 Å².